The van der Waals surface area contributed by atoms with E-state index in [4.69, 9.17) is 10.5 Å². The molecule has 0 saturated carbocycles. The Balaban J connectivity index is 2.21. The molecule has 1 unspecified atom stereocenters. The van der Waals surface area contributed by atoms with Crippen LogP contribution in [-0.2, 0) is 13.0 Å². The average Bonchev–Trinajstić information content (AvgIpc) is 2.86. The van der Waals surface area contributed by atoms with Gasteiger partial charge in [0, 0.05) is 37.0 Å². The molecule has 0 aliphatic heterocycles. The second-order valence-electron chi connectivity index (χ2n) is 5.09. The zero-order valence-electron chi connectivity index (χ0n) is 12.5. The molecule has 1 heterocycles. The summed E-state index contributed by atoms with van der Waals surface area (Å²) in [4.78, 5) is 4.42. The van der Waals surface area contributed by atoms with Crippen molar-refractivity contribution in [3.63, 3.8) is 0 Å². The van der Waals surface area contributed by atoms with E-state index in [0.29, 0.717) is 6.42 Å². The van der Waals surface area contributed by atoms with Gasteiger partial charge in [-0.3, -0.25) is 0 Å². The van der Waals surface area contributed by atoms with Crippen LogP contribution >= 0.6 is 0 Å². The molecule has 4 nitrogen and oxygen atoms in total. The number of nitrogens with two attached hydrogens (primary N) is 1. The fourth-order valence-electron chi connectivity index (χ4n) is 2.42. The van der Waals surface area contributed by atoms with Crippen molar-refractivity contribution in [2.24, 2.45) is 5.73 Å². The molecule has 2 aromatic rings. The standard InChI is InChI=1S/C16H23N3O/c1-4-8-19-9-7-18-16(19)11-14(17)13-10-12(2)5-6-15(13)20-3/h5-7,9-10,14H,4,8,11,17H2,1-3H3. The zero-order valence-corrected chi connectivity index (χ0v) is 12.5. The van der Waals surface area contributed by atoms with E-state index < -0.39 is 0 Å². The third-order valence-electron chi connectivity index (χ3n) is 3.45. The first-order valence-electron chi connectivity index (χ1n) is 7.05. The molecule has 0 spiro atoms. The molecule has 2 N–H and O–H groups in total. The van der Waals surface area contributed by atoms with Gasteiger partial charge in [-0.1, -0.05) is 24.6 Å². The van der Waals surface area contributed by atoms with Gasteiger partial charge >= 0.3 is 0 Å². The van der Waals surface area contributed by atoms with Crippen molar-refractivity contribution in [2.75, 3.05) is 7.11 Å². The Bertz CT molecular complexity index is 563. The molecule has 4 heteroatoms. The Kier molecular flexibility index (Phi) is 4.79. The molecule has 1 atom stereocenters. The number of ether oxygens (including phenoxy) is 1. The predicted molar refractivity (Wildman–Crippen MR) is 80.9 cm³/mol. The molecule has 108 valence electrons. The molecule has 0 fully saturated rings. The summed E-state index contributed by atoms with van der Waals surface area (Å²) in [6.45, 7) is 5.20. The highest BCUT2D eigenvalue weighted by Gasteiger charge is 2.15. The number of nitrogens with zero attached hydrogens (tertiary/aromatic N) is 2. The topological polar surface area (TPSA) is 53.1 Å². The number of benzene rings is 1. The number of aryl methyl sites for hydroxylation is 2. The summed E-state index contributed by atoms with van der Waals surface area (Å²) < 4.78 is 7.58. The van der Waals surface area contributed by atoms with Crippen LogP contribution < -0.4 is 10.5 Å². The summed E-state index contributed by atoms with van der Waals surface area (Å²) >= 11 is 0. The highest BCUT2D eigenvalue weighted by atomic mass is 16.5. The smallest absolute Gasteiger partial charge is 0.123 e. The first-order valence-corrected chi connectivity index (χ1v) is 7.05. The largest absolute Gasteiger partial charge is 0.496 e. The molecule has 0 saturated heterocycles. The predicted octanol–water partition coefficient (Wildman–Crippen LogP) is 2.85. The molecule has 0 radical (unpaired) electrons. The van der Waals surface area contributed by atoms with E-state index in [-0.39, 0.29) is 6.04 Å². The second kappa shape index (κ2) is 6.57. The Hall–Kier alpha value is -1.81. The summed E-state index contributed by atoms with van der Waals surface area (Å²) in [6, 6.07) is 6.00. The SMILES string of the molecule is CCCn1ccnc1CC(N)c1cc(C)ccc1OC. The molecule has 0 aliphatic carbocycles. The number of hydrogen-bond acceptors (Lipinski definition) is 3. The number of methoxy groups -OCH3 is 1. The third kappa shape index (κ3) is 3.20. The minimum atomic E-state index is -0.108. The summed E-state index contributed by atoms with van der Waals surface area (Å²) in [5.74, 6) is 1.87. The Morgan fingerprint density at radius 3 is 2.90 bits per heavy atom. The second-order valence-corrected chi connectivity index (χ2v) is 5.09. The highest BCUT2D eigenvalue weighted by molar-refractivity contribution is 5.39. The average molecular weight is 273 g/mol. The number of imidazole rings is 1. The molecule has 20 heavy (non-hydrogen) atoms. The Morgan fingerprint density at radius 2 is 2.20 bits per heavy atom. The van der Waals surface area contributed by atoms with Crippen molar-refractivity contribution in [2.45, 2.75) is 39.3 Å². The van der Waals surface area contributed by atoms with E-state index >= 15 is 0 Å². The van der Waals surface area contributed by atoms with Crippen LogP contribution in [0.2, 0.25) is 0 Å². The molecule has 2 rings (SSSR count). The van der Waals surface area contributed by atoms with E-state index in [1.165, 1.54) is 5.56 Å². The summed E-state index contributed by atoms with van der Waals surface area (Å²) in [5, 5.41) is 0. The lowest BCUT2D eigenvalue weighted by atomic mass is 10.0. The lowest BCUT2D eigenvalue weighted by molar-refractivity contribution is 0.404. The molecule has 0 aliphatic rings. The van der Waals surface area contributed by atoms with Gasteiger partial charge in [0.1, 0.15) is 11.6 Å². The van der Waals surface area contributed by atoms with Gasteiger partial charge in [0.15, 0.2) is 0 Å². The van der Waals surface area contributed by atoms with E-state index in [2.05, 4.69) is 29.5 Å². The first kappa shape index (κ1) is 14.6. The van der Waals surface area contributed by atoms with Gasteiger partial charge in [-0.25, -0.2) is 4.98 Å². The minimum Gasteiger partial charge on any atom is -0.496 e. The van der Waals surface area contributed by atoms with Gasteiger partial charge in [-0.05, 0) is 19.4 Å². The van der Waals surface area contributed by atoms with Gasteiger partial charge in [0.05, 0.1) is 7.11 Å². The molecule has 0 amide bonds. The number of aromatic nitrogens is 2. The maximum Gasteiger partial charge on any atom is 0.123 e. The van der Waals surface area contributed by atoms with Crippen LogP contribution in [0.15, 0.2) is 30.6 Å². The normalized spacial score (nSPS) is 12.4. The Labute approximate surface area is 120 Å². The van der Waals surface area contributed by atoms with Crippen molar-refractivity contribution < 1.29 is 4.74 Å². The van der Waals surface area contributed by atoms with Crippen molar-refractivity contribution in [3.05, 3.63) is 47.5 Å². The molecular weight excluding hydrogens is 250 g/mol. The van der Waals surface area contributed by atoms with Crippen molar-refractivity contribution in [1.29, 1.82) is 0 Å². The van der Waals surface area contributed by atoms with Crippen molar-refractivity contribution in [1.82, 2.24) is 9.55 Å². The van der Waals surface area contributed by atoms with Crippen molar-refractivity contribution >= 4 is 0 Å². The third-order valence-corrected chi connectivity index (χ3v) is 3.45. The first-order chi connectivity index (χ1) is 9.65. The van der Waals surface area contributed by atoms with E-state index in [0.717, 1.165) is 30.1 Å². The lowest BCUT2D eigenvalue weighted by Gasteiger charge is -2.17. The number of rotatable bonds is 6. The van der Waals surface area contributed by atoms with Crippen LogP contribution in [0.5, 0.6) is 5.75 Å². The van der Waals surface area contributed by atoms with E-state index in [1.54, 1.807) is 7.11 Å². The molecule has 1 aromatic heterocycles. The maximum atomic E-state index is 6.36. The fraction of sp³-hybridized carbons (Fsp3) is 0.438. The Morgan fingerprint density at radius 1 is 1.40 bits per heavy atom. The quantitative estimate of drug-likeness (QED) is 0.880. The monoisotopic (exact) mass is 273 g/mol. The van der Waals surface area contributed by atoms with Crippen LogP contribution in [0.4, 0.5) is 0 Å². The number of hydrogen-bond donors (Lipinski definition) is 1. The van der Waals surface area contributed by atoms with Gasteiger partial charge in [-0.2, -0.15) is 0 Å². The van der Waals surface area contributed by atoms with Crippen LogP contribution in [-0.4, -0.2) is 16.7 Å². The van der Waals surface area contributed by atoms with Crippen molar-refractivity contribution in [3.8, 4) is 5.75 Å². The lowest BCUT2D eigenvalue weighted by Crippen LogP contribution is -2.17. The van der Waals surface area contributed by atoms with Gasteiger partial charge in [0.25, 0.3) is 0 Å². The van der Waals surface area contributed by atoms with Gasteiger partial charge < -0.3 is 15.0 Å². The van der Waals surface area contributed by atoms with Crippen LogP contribution in [0.1, 0.15) is 36.3 Å². The van der Waals surface area contributed by atoms with E-state index in [1.807, 2.05) is 24.5 Å². The summed E-state index contributed by atoms with van der Waals surface area (Å²) in [7, 11) is 1.68. The van der Waals surface area contributed by atoms with Crippen LogP contribution in [0.3, 0.4) is 0 Å². The van der Waals surface area contributed by atoms with Crippen LogP contribution in [0.25, 0.3) is 0 Å². The molecule has 0 bridgehead atoms. The van der Waals surface area contributed by atoms with Gasteiger partial charge in [-0.15, -0.1) is 0 Å². The molecular formula is C16H23N3O. The van der Waals surface area contributed by atoms with E-state index in [9.17, 15) is 0 Å². The fourth-order valence-corrected chi connectivity index (χ4v) is 2.42. The molecule has 1 aromatic carbocycles. The summed E-state index contributed by atoms with van der Waals surface area (Å²) in [5.41, 5.74) is 8.59. The van der Waals surface area contributed by atoms with Gasteiger partial charge in [0.2, 0.25) is 0 Å². The highest BCUT2D eigenvalue weighted by Crippen LogP contribution is 2.26. The summed E-state index contributed by atoms with van der Waals surface area (Å²) in [6.07, 6.45) is 5.66. The maximum absolute atomic E-state index is 6.36. The minimum absolute atomic E-state index is 0.108. The zero-order chi connectivity index (χ0) is 14.5. The van der Waals surface area contributed by atoms with Crippen LogP contribution in [0, 0.1) is 6.92 Å².